The van der Waals surface area contributed by atoms with E-state index in [9.17, 15) is 9.90 Å². The van der Waals surface area contributed by atoms with Gasteiger partial charge >= 0.3 is 0 Å². The minimum absolute atomic E-state index is 0.157. The molecule has 0 aliphatic rings. The van der Waals surface area contributed by atoms with E-state index < -0.39 is 6.10 Å². The van der Waals surface area contributed by atoms with E-state index in [2.05, 4.69) is 5.32 Å². The maximum Gasteiger partial charge on any atom is 0.216 e. The van der Waals surface area contributed by atoms with Crippen LogP contribution in [-0.2, 0) is 4.79 Å². The van der Waals surface area contributed by atoms with Crippen LogP contribution in [0.2, 0.25) is 0 Å². The first-order chi connectivity index (χ1) is 7.59. The summed E-state index contributed by atoms with van der Waals surface area (Å²) >= 11 is 0. The number of carbonyl (C=O) groups is 1. The quantitative estimate of drug-likeness (QED) is 0.778. The van der Waals surface area contributed by atoms with Crippen molar-refractivity contribution in [3.63, 3.8) is 0 Å². The molecule has 88 valence electrons. The lowest BCUT2D eigenvalue weighted by molar-refractivity contribution is -0.119. The number of nitrogens with one attached hydrogen (secondary N) is 1. The Morgan fingerprint density at radius 2 is 2.19 bits per heavy atom. The van der Waals surface area contributed by atoms with Crippen molar-refractivity contribution in [2.24, 2.45) is 0 Å². The van der Waals surface area contributed by atoms with Gasteiger partial charge in [-0.05, 0) is 18.6 Å². The lowest BCUT2D eigenvalue weighted by Gasteiger charge is -2.13. The second-order valence-electron chi connectivity index (χ2n) is 3.67. The van der Waals surface area contributed by atoms with Crippen molar-refractivity contribution < 1.29 is 14.6 Å². The van der Waals surface area contributed by atoms with Gasteiger partial charge in [-0.3, -0.25) is 4.79 Å². The Morgan fingerprint density at radius 3 is 2.81 bits per heavy atom. The zero-order valence-electron chi connectivity index (χ0n) is 9.56. The van der Waals surface area contributed by atoms with Crippen LogP contribution in [0.15, 0.2) is 24.3 Å². The lowest BCUT2D eigenvalue weighted by Crippen LogP contribution is -2.33. The van der Waals surface area contributed by atoms with Gasteiger partial charge in [0.25, 0.3) is 0 Å². The Hall–Kier alpha value is -1.55. The third-order valence-corrected chi connectivity index (χ3v) is 2.11. The molecular formula is C12H17NO3. The average molecular weight is 223 g/mol. The second-order valence-corrected chi connectivity index (χ2v) is 3.67. The third kappa shape index (κ3) is 4.31. The highest BCUT2D eigenvalue weighted by atomic mass is 16.5. The molecule has 1 aromatic rings. The second kappa shape index (κ2) is 6.12. The molecule has 0 spiro atoms. The van der Waals surface area contributed by atoms with Crippen molar-refractivity contribution in [3.05, 3.63) is 29.8 Å². The molecule has 1 atom stereocenters. The molecular weight excluding hydrogens is 206 g/mol. The number of ether oxygens (including phenoxy) is 1. The zero-order valence-corrected chi connectivity index (χ0v) is 9.56. The predicted octanol–water partition coefficient (Wildman–Crippen LogP) is 0.871. The van der Waals surface area contributed by atoms with E-state index in [1.807, 2.05) is 31.2 Å². The van der Waals surface area contributed by atoms with Crippen LogP contribution in [0.3, 0.4) is 0 Å². The fraction of sp³-hybridized carbons (Fsp3) is 0.417. The number of rotatable bonds is 5. The van der Waals surface area contributed by atoms with Crippen LogP contribution in [0.25, 0.3) is 0 Å². The van der Waals surface area contributed by atoms with Gasteiger partial charge < -0.3 is 15.2 Å². The van der Waals surface area contributed by atoms with E-state index in [0.717, 1.165) is 11.3 Å². The largest absolute Gasteiger partial charge is 0.491 e. The average Bonchev–Trinajstić information content (AvgIpc) is 2.25. The summed E-state index contributed by atoms with van der Waals surface area (Å²) in [7, 11) is 0. The molecule has 1 aromatic carbocycles. The SMILES string of the molecule is CC(=O)NCC(O)COc1ccccc1C. The number of aliphatic hydroxyl groups is 1. The van der Waals surface area contributed by atoms with Crippen LogP contribution in [0.4, 0.5) is 0 Å². The first kappa shape index (κ1) is 12.5. The summed E-state index contributed by atoms with van der Waals surface area (Å²) in [6.45, 7) is 3.73. The first-order valence-corrected chi connectivity index (χ1v) is 5.20. The van der Waals surface area contributed by atoms with E-state index in [-0.39, 0.29) is 19.1 Å². The van der Waals surface area contributed by atoms with E-state index >= 15 is 0 Å². The van der Waals surface area contributed by atoms with Crippen molar-refractivity contribution in [1.29, 1.82) is 0 Å². The van der Waals surface area contributed by atoms with E-state index in [1.54, 1.807) is 0 Å². The van der Waals surface area contributed by atoms with Gasteiger partial charge in [0, 0.05) is 13.5 Å². The lowest BCUT2D eigenvalue weighted by atomic mass is 10.2. The molecule has 1 amide bonds. The summed E-state index contributed by atoms with van der Waals surface area (Å²) in [5.74, 6) is 0.597. The Kier molecular flexibility index (Phi) is 4.79. The van der Waals surface area contributed by atoms with Crippen LogP contribution in [-0.4, -0.2) is 30.3 Å². The fourth-order valence-corrected chi connectivity index (χ4v) is 1.22. The summed E-state index contributed by atoms with van der Waals surface area (Å²) in [4.78, 5) is 10.6. The van der Waals surface area contributed by atoms with Gasteiger partial charge in [0.05, 0.1) is 0 Å². The minimum Gasteiger partial charge on any atom is -0.491 e. The Bertz CT molecular complexity index is 352. The molecule has 0 aromatic heterocycles. The van der Waals surface area contributed by atoms with Crippen LogP contribution < -0.4 is 10.1 Å². The topological polar surface area (TPSA) is 58.6 Å². The molecule has 1 unspecified atom stereocenters. The monoisotopic (exact) mass is 223 g/mol. The Labute approximate surface area is 95.2 Å². The number of benzene rings is 1. The number of hydrogen-bond donors (Lipinski definition) is 2. The van der Waals surface area contributed by atoms with Crippen LogP contribution in [0.1, 0.15) is 12.5 Å². The smallest absolute Gasteiger partial charge is 0.216 e. The molecule has 0 heterocycles. The molecule has 0 saturated carbocycles. The number of aryl methyl sites for hydroxylation is 1. The molecule has 0 aliphatic carbocycles. The fourth-order valence-electron chi connectivity index (χ4n) is 1.22. The van der Waals surface area contributed by atoms with Crippen molar-refractivity contribution >= 4 is 5.91 Å². The molecule has 0 bridgehead atoms. The molecule has 4 heteroatoms. The number of para-hydroxylation sites is 1. The van der Waals surface area contributed by atoms with Gasteiger partial charge in [-0.25, -0.2) is 0 Å². The summed E-state index contributed by atoms with van der Waals surface area (Å²) in [6, 6.07) is 7.59. The van der Waals surface area contributed by atoms with Crippen LogP contribution >= 0.6 is 0 Å². The van der Waals surface area contributed by atoms with Crippen molar-refractivity contribution in [2.45, 2.75) is 20.0 Å². The highest BCUT2D eigenvalue weighted by Gasteiger charge is 2.06. The molecule has 0 aliphatic heterocycles. The standard InChI is InChI=1S/C12H17NO3/c1-9-5-3-4-6-12(9)16-8-11(15)7-13-10(2)14/h3-6,11,15H,7-8H2,1-2H3,(H,13,14). The zero-order chi connectivity index (χ0) is 12.0. The van der Waals surface area contributed by atoms with E-state index in [4.69, 9.17) is 4.74 Å². The molecule has 0 fully saturated rings. The number of aliphatic hydroxyl groups excluding tert-OH is 1. The maximum atomic E-state index is 10.6. The van der Waals surface area contributed by atoms with Gasteiger partial charge in [0.2, 0.25) is 5.91 Å². The normalized spacial score (nSPS) is 11.9. The van der Waals surface area contributed by atoms with Gasteiger partial charge in [0.1, 0.15) is 18.5 Å². The van der Waals surface area contributed by atoms with Crippen LogP contribution in [0, 0.1) is 6.92 Å². The van der Waals surface area contributed by atoms with E-state index in [1.165, 1.54) is 6.92 Å². The Balaban J connectivity index is 2.34. The highest BCUT2D eigenvalue weighted by molar-refractivity contribution is 5.72. The predicted molar refractivity (Wildman–Crippen MR) is 61.4 cm³/mol. The summed E-state index contributed by atoms with van der Waals surface area (Å²) in [5, 5.41) is 12.0. The summed E-state index contributed by atoms with van der Waals surface area (Å²) in [5.41, 5.74) is 1.02. The van der Waals surface area contributed by atoms with Crippen LogP contribution in [0.5, 0.6) is 5.75 Å². The third-order valence-electron chi connectivity index (χ3n) is 2.11. The molecule has 16 heavy (non-hydrogen) atoms. The van der Waals surface area contributed by atoms with E-state index in [0.29, 0.717) is 0 Å². The molecule has 0 radical (unpaired) electrons. The number of amides is 1. The van der Waals surface area contributed by atoms with Gasteiger partial charge in [-0.2, -0.15) is 0 Å². The summed E-state index contributed by atoms with van der Waals surface area (Å²) in [6.07, 6.45) is -0.691. The molecule has 4 nitrogen and oxygen atoms in total. The minimum atomic E-state index is -0.691. The van der Waals surface area contributed by atoms with Gasteiger partial charge in [-0.1, -0.05) is 18.2 Å². The molecule has 1 rings (SSSR count). The molecule has 0 saturated heterocycles. The van der Waals surface area contributed by atoms with Crippen molar-refractivity contribution in [3.8, 4) is 5.75 Å². The Morgan fingerprint density at radius 1 is 1.50 bits per heavy atom. The number of carbonyl (C=O) groups excluding carboxylic acids is 1. The van der Waals surface area contributed by atoms with Crippen molar-refractivity contribution in [1.82, 2.24) is 5.32 Å². The van der Waals surface area contributed by atoms with Gasteiger partial charge in [-0.15, -0.1) is 0 Å². The first-order valence-electron chi connectivity index (χ1n) is 5.20. The number of hydrogen-bond acceptors (Lipinski definition) is 3. The molecule has 2 N–H and O–H groups in total. The van der Waals surface area contributed by atoms with Gasteiger partial charge in [0.15, 0.2) is 0 Å². The van der Waals surface area contributed by atoms with Crippen molar-refractivity contribution in [2.75, 3.05) is 13.2 Å². The summed E-state index contributed by atoms with van der Waals surface area (Å²) < 4.78 is 5.43. The highest BCUT2D eigenvalue weighted by Crippen LogP contribution is 2.15. The maximum absolute atomic E-state index is 10.6.